The van der Waals surface area contributed by atoms with Gasteiger partial charge in [0.2, 0.25) is 0 Å². The zero-order chi connectivity index (χ0) is 18.9. The number of carbonyl (C=O) groups is 1. The molecule has 1 aromatic heterocycles. The van der Waals surface area contributed by atoms with Gasteiger partial charge in [0, 0.05) is 18.9 Å². The second-order valence-corrected chi connectivity index (χ2v) is 7.74. The van der Waals surface area contributed by atoms with Crippen LogP contribution in [0.2, 0.25) is 0 Å². The van der Waals surface area contributed by atoms with Crippen molar-refractivity contribution in [2.24, 2.45) is 0 Å². The maximum atomic E-state index is 13.7. The quantitative estimate of drug-likeness (QED) is 0.642. The Hall–Kier alpha value is -2.87. The van der Waals surface area contributed by atoms with E-state index in [1.807, 2.05) is 0 Å². The van der Waals surface area contributed by atoms with E-state index in [2.05, 4.69) is 5.10 Å². The summed E-state index contributed by atoms with van der Waals surface area (Å²) in [6.45, 7) is 0. The standard InChI is InChI=1S/C18H14F2N2O3S/c1-26(24,25)18-5-3-2-4-16(18)22-11-12(10-21-22)8-17(23)14-9-13(19)6-7-15(14)20/h2-7,9-11H,8H2,1H3. The summed E-state index contributed by atoms with van der Waals surface area (Å²) >= 11 is 0. The van der Waals surface area contributed by atoms with Crippen molar-refractivity contribution in [3.05, 3.63) is 77.6 Å². The third-order valence-electron chi connectivity index (χ3n) is 3.74. The number of para-hydroxylation sites is 1. The molecule has 3 rings (SSSR count). The molecule has 26 heavy (non-hydrogen) atoms. The summed E-state index contributed by atoms with van der Waals surface area (Å²) in [5.74, 6) is -2.10. The third kappa shape index (κ3) is 3.70. The van der Waals surface area contributed by atoms with Crippen LogP contribution in [0.25, 0.3) is 5.69 Å². The molecule has 0 saturated carbocycles. The molecule has 8 heteroatoms. The van der Waals surface area contributed by atoms with E-state index >= 15 is 0 Å². The van der Waals surface area contributed by atoms with Gasteiger partial charge in [0.15, 0.2) is 15.6 Å². The van der Waals surface area contributed by atoms with Gasteiger partial charge in [-0.15, -0.1) is 0 Å². The Morgan fingerprint density at radius 2 is 1.88 bits per heavy atom. The maximum absolute atomic E-state index is 13.7. The Morgan fingerprint density at radius 3 is 2.62 bits per heavy atom. The van der Waals surface area contributed by atoms with Gasteiger partial charge in [-0.3, -0.25) is 4.79 Å². The van der Waals surface area contributed by atoms with E-state index in [9.17, 15) is 22.0 Å². The number of halogens is 2. The van der Waals surface area contributed by atoms with Crippen molar-refractivity contribution in [2.75, 3.05) is 6.26 Å². The number of hydrogen-bond donors (Lipinski definition) is 0. The first-order valence-corrected chi connectivity index (χ1v) is 9.46. The largest absolute Gasteiger partial charge is 0.294 e. The number of ketones is 1. The highest BCUT2D eigenvalue weighted by Gasteiger charge is 2.17. The van der Waals surface area contributed by atoms with Gasteiger partial charge in [0.25, 0.3) is 0 Å². The highest BCUT2D eigenvalue weighted by atomic mass is 32.2. The first-order chi connectivity index (χ1) is 12.3. The number of Topliss-reactive ketones (excluding diaryl/α,β-unsaturated/α-hetero) is 1. The number of hydrogen-bond acceptors (Lipinski definition) is 4. The van der Waals surface area contributed by atoms with Gasteiger partial charge in [-0.25, -0.2) is 21.9 Å². The zero-order valence-electron chi connectivity index (χ0n) is 13.7. The Labute approximate surface area is 148 Å². The van der Waals surface area contributed by atoms with E-state index in [0.29, 0.717) is 11.3 Å². The van der Waals surface area contributed by atoms with Gasteiger partial charge in [-0.1, -0.05) is 12.1 Å². The van der Waals surface area contributed by atoms with Crippen LogP contribution in [0.15, 0.2) is 59.8 Å². The van der Waals surface area contributed by atoms with E-state index in [1.165, 1.54) is 23.1 Å². The van der Waals surface area contributed by atoms with Crippen LogP contribution in [0.4, 0.5) is 8.78 Å². The van der Waals surface area contributed by atoms with Crippen LogP contribution in [0.3, 0.4) is 0 Å². The van der Waals surface area contributed by atoms with Gasteiger partial charge in [-0.2, -0.15) is 5.10 Å². The fraction of sp³-hybridized carbons (Fsp3) is 0.111. The highest BCUT2D eigenvalue weighted by Crippen LogP contribution is 2.20. The Kier molecular flexibility index (Phi) is 4.69. The number of sulfone groups is 1. The van der Waals surface area contributed by atoms with E-state index in [0.717, 1.165) is 24.5 Å². The number of carbonyl (C=O) groups excluding carboxylic acids is 1. The molecule has 2 aromatic carbocycles. The van der Waals surface area contributed by atoms with Gasteiger partial charge >= 0.3 is 0 Å². The van der Waals surface area contributed by atoms with Crippen molar-refractivity contribution in [3.8, 4) is 5.69 Å². The summed E-state index contributed by atoms with van der Waals surface area (Å²) in [5.41, 5.74) is 0.446. The van der Waals surface area contributed by atoms with Crippen LogP contribution in [-0.4, -0.2) is 30.2 Å². The van der Waals surface area contributed by atoms with Crippen molar-refractivity contribution >= 4 is 15.6 Å². The predicted molar refractivity (Wildman–Crippen MR) is 91.1 cm³/mol. The lowest BCUT2D eigenvalue weighted by atomic mass is 10.0. The molecule has 5 nitrogen and oxygen atoms in total. The lowest BCUT2D eigenvalue weighted by Crippen LogP contribution is -2.07. The highest BCUT2D eigenvalue weighted by molar-refractivity contribution is 7.90. The summed E-state index contributed by atoms with van der Waals surface area (Å²) in [6.07, 6.45) is 3.77. The molecule has 0 atom stereocenters. The molecule has 0 aliphatic heterocycles. The van der Waals surface area contributed by atoms with E-state index in [1.54, 1.807) is 18.2 Å². The number of aromatic nitrogens is 2. The van der Waals surface area contributed by atoms with Crippen molar-refractivity contribution in [3.63, 3.8) is 0 Å². The fourth-order valence-corrected chi connectivity index (χ4v) is 3.40. The molecule has 0 amide bonds. The molecule has 134 valence electrons. The van der Waals surface area contributed by atoms with E-state index in [4.69, 9.17) is 0 Å². The van der Waals surface area contributed by atoms with Gasteiger partial charge in [0.05, 0.1) is 22.3 Å². The third-order valence-corrected chi connectivity index (χ3v) is 4.89. The first kappa shape index (κ1) is 17.9. The summed E-state index contributed by atoms with van der Waals surface area (Å²) in [6, 6.07) is 8.99. The van der Waals surface area contributed by atoms with Crippen LogP contribution in [0.1, 0.15) is 15.9 Å². The van der Waals surface area contributed by atoms with Crippen molar-refractivity contribution < 1.29 is 22.0 Å². The van der Waals surface area contributed by atoms with Crippen LogP contribution < -0.4 is 0 Å². The normalized spacial score (nSPS) is 11.5. The molecule has 0 fully saturated rings. The fourth-order valence-electron chi connectivity index (χ4n) is 2.53. The second kappa shape index (κ2) is 6.80. The van der Waals surface area contributed by atoms with Crippen LogP contribution in [0.5, 0.6) is 0 Å². The average molecular weight is 376 g/mol. The minimum Gasteiger partial charge on any atom is -0.294 e. The monoisotopic (exact) mass is 376 g/mol. The van der Waals surface area contributed by atoms with Crippen molar-refractivity contribution in [1.29, 1.82) is 0 Å². The molecular weight excluding hydrogens is 362 g/mol. The lowest BCUT2D eigenvalue weighted by molar-refractivity contribution is 0.0988. The molecule has 0 aliphatic carbocycles. The molecule has 0 bridgehead atoms. The van der Waals surface area contributed by atoms with Crippen LogP contribution in [0, 0.1) is 11.6 Å². The van der Waals surface area contributed by atoms with Crippen LogP contribution >= 0.6 is 0 Å². The molecule has 3 aromatic rings. The van der Waals surface area contributed by atoms with Gasteiger partial charge in [0.1, 0.15) is 11.6 Å². The van der Waals surface area contributed by atoms with Gasteiger partial charge < -0.3 is 0 Å². The minimum atomic E-state index is -3.47. The zero-order valence-corrected chi connectivity index (χ0v) is 14.5. The van der Waals surface area contributed by atoms with Crippen molar-refractivity contribution in [2.45, 2.75) is 11.3 Å². The molecule has 0 radical (unpaired) electrons. The summed E-state index contributed by atoms with van der Waals surface area (Å²) in [7, 11) is -3.47. The molecule has 0 unspecified atom stereocenters. The smallest absolute Gasteiger partial charge is 0.177 e. The Morgan fingerprint density at radius 1 is 1.15 bits per heavy atom. The summed E-state index contributed by atoms with van der Waals surface area (Å²) < 4.78 is 52.1. The van der Waals surface area contributed by atoms with Crippen molar-refractivity contribution in [1.82, 2.24) is 9.78 Å². The maximum Gasteiger partial charge on any atom is 0.177 e. The number of nitrogens with zero attached hydrogens (tertiary/aromatic N) is 2. The molecule has 0 N–H and O–H groups in total. The van der Waals surface area contributed by atoms with Crippen LogP contribution in [-0.2, 0) is 16.3 Å². The molecule has 0 aliphatic rings. The number of rotatable bonds is 5. The SMILES string of the molecule is CS(=O)(=O)c1ccccc1-n1cc(CC(=O)c2cc(F)ccc2F)cn1. The molecule has 0 spiro atoms. The summed E-state index contributed by atoms with van der Waals surface area (Å²) in [4.78, 5) is 12.3. The predicted octanol–water partition coefficient (Wildman–Crippen LogP) is 2.98. The van der Waals surface area contributed by atoms with E-state index < -0.39 is 27.3 Å². The molecule has 0 saturated heterocycles. The second-order valence-electron chi connectivity index (χ2n) is 5.76. The summed E-state index contributed by atoms with van der Waals surface area (Å²) in [5, 5.41) is 4.08. The lowest BCUT2D eigenvalue weighted by Gasteiger charge is -2.07. The number of benzene rings is 2. The Balaban J connectivity index is 1.90. The Bertz CT molecular complexity index is 1090. The topological polar surface area (TPSA) is 69.0 Å². The molecule has 1 heterocycles. The average Bonchev–Trinajstić information content (AvgIpc) is 3.04. The minimum absolute atomic E-state index is 0.0946. The first-order valence-electron chi connectivity index (χ1n) is 7.57. The van der Waals surface area contributed by atoms with E-state index in [-0.39, 0.29) is 16.9 Å². The molecular formula is C18H14F2N2O3S. The van der Waals surface area contributed by atoms with Gasteiger partial charge in [-0.05, 0) is 35.9 Å².